The third-order valence-corrected chi connectivity index (χ3v) is 4.15. The molecular formula is C16H20BrN5O3. The molecule has 0 saturated heterocycles. The summed E-state index contributed by atoms with van der Waals surface area (Å²) in [7, 11) is 0. The lowest BCUT2D eigenvalue weighted by atomic mass is 10.1. The molecule has 3 N–H and O–H groups in total. The molecule has 0 bridgehead atoms. The number of anilines is 1. The van der Waals surface area contributed by atoms with Crippen LogP contribution in [-0.4, -0.2) is 37.9 Å². The van der Waals surface area contributed by atoms with Gasteiger partial charge in [-0.1, -0.05) is 0 Å². The van der Waals surface area contributed by atoms with E-state index in [2.05, 4.69) is 36.6 Å². The van der Waals surface area contributed by atoms with Crippen LogP contribution in [0.15, 0.2) is 40.0 Å². The summed E-state index contributed by atoms with van der Waals surface area (Å²) in [5.41, 5.74) is 0.330. The van der Waals surface area contributed by atoms with Crippen molar-refractivity contribution in [1.82, 2.24) is 20.1 Å². The fourth-order valence-electron chi connectivity index (χ4n) is 1.96. The molecule has 0 atom stereocenters. The SMILES string of the molecule is CC(C)(CO)Nc1cnn(CC(=O)NCc2ccncc2)c(=O)c1Br. The van der Waals surface area contributed by atoms with Gasteiger partial charge >= 0.3 is 0 Å². The number of nitrogens with one attached hydrogen (secondary N) is 2. The van der Waals surface area contributed by atoms with Gasteiger partial charge in [0.2, 0.25) is 5.91 Å². The molecule has 25 heavy (non-hydrogen) atoms. The molecule has 134 valence electrons. The lowest BCUT2D eigenvalue weighted by molar-refractivity contribution is -0.122. The minimum Gasteiger partial charge on any atom is -0.394 e. The lowest BCUT2D eigenvalue weighted by Crippen LogP contribution is -2.37. The molecule has 0 aromatic carbocycles. The highest BCUT2D eigenvalue weighted by Crippen LogP contribution is 2.20. The number of aliphatic hydroxyl groups is 1. The van der Waals surface area contributed by atoms with Crippen LogP contribution in [0.5, 0.6) is 0 Å². The Morgan fingerprint density at radius 1 is 1.36 bits per heavy atom. The van der Waals surface area contributed by atoms with Gasteiger partial charge in [-0.05, 0) is 47.5 Å². The summed E-state index contributed by atoms with van der Waals surface area (Å²) in [5.74, 6) is -0.324. The first kappa shape index (κ1) is 19.1. The van der Waals surface area contributed by atoms with Crippen molar-refractivity contribution in [2.75, 3.05) is 11.9 Å². The van der Waals surface area contributed by atoms with E-state index >= 15 is 0 Å². The predicted octanol–water partition coefficient (Wildman–Crippen LogP) is 0.900. The van der Waals surface area contributed by atoms with Crippen molar-refractivity contribution in [1.29, 1.82) is 0 Å². The average Bonchev–Trinajstić information content (AvgIpc) is 2.60. The summed E-state index contributed by atoms with van der Waals surface area (Å²) in [4.78, 5) is 28.3. The number of amides is 1. The fourth-order valence-corrected chi connectivity index (χ4v) is 2.37. The van der Waals surface area contributed by atoms with E-state index in [0.29, 0.717) is 12.2 Å². The lowest BCUT2D eigenvalue weighted by Gasteiger charge is -2.25. The van der Waals surface area contributed by atoms with Gasteiger partial charge in [0.25, 0.3) is 5.56 Å². The number of carbonyl (C=O) groups excluding carboxylic acids is 1. The molecule has 8 nitrogen and oxygen atoms in total. The van der Waals surface area contributed by atoms with E-state index in [1.807, 2.05) is 0 Å². The van der Waals surface area contributed by atoms with E-state index in [1.54, 1.807) is 38.4 Å². The maximum Gasteiger partial charge on any atom is 0.283 e. The van der Waals surface area contributed by atoms with Gasteiger partial charge in [-0.15, -0.1) is 0 Å². The monoisotopic (exact) mass is 409 g/mol. The van der Waals surface area contributed by atoms with Crippen LogP contribution in [-0.2, 0) is 17.9 Å². The summed E-state index contributed by atoms with van der Waals surface area (Å²) >= 11 is 3.22. The Labute approximate surface area is 153 Å². The molecule has 2 heterocycles. The zero-order valence-corrected chi connectivity index (χ0v) is 15.6. The standard InChI is InChI=1S/C16H20BrN5O3/c1-16(2,10-23)21-12-8-20-22(15(25)14(12)17)9-13(24)19-7-11-3-5-18-6-4-11/h3-6,8,21,23H,7,9-10H2,1-2H3,(H,19,24). The Hall–Kier alpha value is -2.26. The molecule has 0 aliphatic heterocycles. The molecule has 2 aromatic heterocycles. The molecule has 0 spiro atoms. The molecule has 9 heteroatoms. The first-order valence-corrected chi connectivity index (χ1v) is 8.42. The molecule has 2 aromatic rings. The number of aromatic nitrogens is 3. The third kappa shape index (κ3) is 5.36. The fraction of sp³-hybridized carbons (Fsp3) is 0.375. The highest BCUT2D eigenvalue weighted by atomic mass is 79.9. The van der Waals surface area contributed by atoms with Crippen molar-refractivity contribution in [2.45, 2.75) is 32.5 Å². The van der Waals surface area contributed by atoms with Gasteiger partial charge in [0.15, 0.2) is 0 Å². The molecule has 0 radical (unpaired) electrons. The van der Waals surface area contributed by atoms with E-state index in [-0.39, 0.29) is 23.5 Å². The van der Waals surface area contributed by atoms with E-state index < -0.39 is 11.1 Å². The maximum absolute atomic E-state index is 12.3. The van der Waals surface area contributed by atoms with Crippen LogP contribution in [0.25, 0.3) is 0 Å². The summed E-state index contributed by atoms with van der Waals surface area (Å²) in [6, 6.07) is 3.59. The van der Waals surface area contributed by atoms with Crippen LogP contribution >= 0.6 is 15.9 Å². The summed E-state index contributed by atoms with van der Waals surface area (Å²) in [5, 5.41) is 19.1. The molecule has 1 amide bonds. The number of carbonyl (C=O) groups is 1. The van der Waals surface area contributed by atoms with Crippen LogP contribution in [0, 0.1) is 0 Å². The second-order valence-corrected chi connectivity index (χ2v) is 6.93. The number of rotatable bonds is 7. The second kappa shape index (κ2) is 8.21. The molecule has 0 aliphatic rings. The zero-order valence-electron chi connectivity index (χ0n) is 14.0. The quantitative estimate of drug-likeness (QED) is 0.626. The molecule has 0 aliphatic carbocycles. The number of aliphatic hydroxyl groups excluding tert-OH is 1. The highest BCUT2D eigenvalue weighted by Gasteiger charge is 2.19. The smallest absolute Gasteiger partial charge is 0.283 e. The van der Waals surface area contributed by atoms with Crippen molar-refractivity contribution in [3.8, 4) is 0 Å². The topological polar surface area (TPSA) is 109 Å². The van der Waals surface area contributed by atoms with Crippen molar-refractivity contribution < 1.29 is 9.90 Å². The van der Waals surface area contributed by atoms with Gasteiger partial charge in [-0.3, -0.25) is 14.6 Å². The van der Waals surface area contributed by atoms with Crippen LogP contribution in [0.2, 0.25) is 0 Å². The van der Waals surface area contributed by atoms with Crippen LogP contribution < -0.4 is 16.2 Å². The van der Waals surface area contributed by atoms with Crippen LogP contribution in [0.4, 0.5) is 5.69 Å². The summed E-state index contributed by atoms with van der Waals surface area (Å²) in [6.07, 6.45) is 4.73. The Bertz CT molecular complexity index is 792. The van der Waals surface area contributed by atoms with Gasteiger partial charge in [0.1, 0.15) is 11.0 Å². The van der Waals surface area contributed by atoms with Gasteiger partial charge in [0, 0.05) is 18.9 Å². The summed E-state index contributed by atoms with van der Waals surface area (Å²) < 4.78 is 1.33. The van der Waals surface area contributed by atoms with Gasteiger partial charge < -0.3 is 15.7 Å². The number of pyridine rings is 1. The Morgan fingerprint density at radius 2 is 2.04 bits per heavy atom. The minimum absolute atomic E-state index is 0.111. The average molecular weight is 410 g/mol. The van der Waals surface area contributed by atoms with Gasteiger partial charge in [-0.2, -0.15) is 5.10 Å². The van der Waals surface area contributed by atoms with Crippen molar-refractivity contribution in [3.63, 3.8) is 0 Å². The largest absolute Gasteiger partial charge is 0.394 e. The molecule has 0 fully saturated rings. The van der Waals surface area contributed by atoms with Crippen molar-refractivity contribution in [3.05, 3.63) is 51.1 Å². The zero-order chi connectivity index (χ0) is 18.4. The van der Waals surface area contributed by atoms with Crippen molar-refractivity contribution >= 4 is 27.5 Å². The minimum atomic E-state index is -0.606. The van der Waals surface area contributed by atoms with Gasteiger partial charge in [0.05, 0.1) is 24.0 Å². The predicted molar refractivity (Wildman–Crippen MR) is 97.1 cm³/mol. The summed E-state index contributed by atoms with van der Waals surface area (Å²) in [6.45, 7) is 3.63. The Morgan fingerprint density at radius 3 is 2.68 bits per heavy atom. The Kier molecular flexibility index (Phi) is 6.27. The van der Waals surface area contributed by atoms with Gasteiger partial charge in [-0.25, -0.2) is 4.68 Å². The molecule has 0 unspecified atom stereocenters. The number of halogens is 1. The maximum atomic E-state index is 12.3. The number of nitrogens with zero attached hydrogens (tertiary/aromatic N) is 3. The van der Waals surface area contributed by atoms with E-state index in [1.165, 1.54) is 6.20 Å². The van der Waals surface area contributed by atoms with E-state index in [0.717, 1.165) is 10.2 Å². The second-order valence-electron chi connectivity index (χ2n) is 6.13. The van der Waals surface area contributed by atoms with Crippen molar-refractivity contribution in [2.24, 2.45) is 0 Å². The normalized spacial score (nSPS) is 11.2. The third-order valence-electron chi connectivity index (χ3n) is 3.39. The molecule has 0 saturated carbocycles. The van der Waals surface area contributed by atoms with E-state index in [4.69, 9.17) is 0 Å². The first-order valence-electron chi connectivity index (χ1n) is 7.62. The first-order chi connectivity index (χ1) is 11.8. The number of hydrogen-bond acceptors (Lipinski definition) is 6. The van der Waals surface area contributed by atoms with E-state index in [9.17, 15) is 14.7 Å². The number of hydrogen-bond donors (Lipinski definition) is 3. The Balaban J connectivity index is 2.04. The van der Waals surface area contributed by atoms with Crippen LogP contribution in [0.1, 0.15) is 19.4 Å². The highest BCUT2D eigenvalue weighted by molar-refractivity contribution is 9.10. The molecular weight excluding hydrogens is 390 g/mol. The van der Waals surface area contributed by atoms with Crippen LogP contribution in [0.3, 0.4) is 0 Å². The molecule has 2 rings (SSSR count).